The molecule has 6 heteroatoms. The summed E-state index contributed by atoms with van der Waals surface area (Å²) in [4.78, 5) is 10.8. The van der Waals surface area contributed by atoms with Gasteiger partial charge in [-0.2, -0.15) is 3.89 Å². The molecular weight excluding hydrogens is 247 g/mol. The number of hydrogen-bond acceptors (Lipinski definition) is 4. The number of aliphatic hydroxyl groups is 1. The summed E-state index contributed by atoms with van der Waals surface area (Å²) in [6.07, 6.45) is -0.958. The Balaban J connectivity index is 2.28. The van der Waals surface area contributed by atoms with Gasteiger partial charge in [0, 0.05) is 11.3 Å². The van der Waals surface area contributed by atoms with Crippen LogP contribution in [0.25, 0.3) is 0 Å². The summed E-state index contributed by atoms with van der Waals surface area (Å²) in [5.41, 5.74) is 0. The Bertz CT molecular complexity index is 355. The van der Waals surface area contributed by atoms with Gasteiger partial charge < -0.3 is 14.9 Å². The number of carboxylic acids is 1. The highest BCUT2D eigenvalue weighted by atomic mass is 32.2. The van der Waals surface area contributed by atoms with Crippen molar-refractivity contribution in [3.63, 3.8) is 0 Å². The number of carbonyl (C=O) groups is 1. The first-order chi connectivity index (χ1) is 8.11. The Kier molecular flexibility index (Phi) is 5.79. The highest BCUT2D eigenvalue weighted by Crippen LogP contribution is 2.21. The van der Waals surface area contributed by atoms with Gasteiger partial charge in [-0.15, -0.1) is 0 Å². The first-order valence-electron chi connectivity index (χ1n) is 5.03. The molecule has 1 atom stereocenters. The van der Waals surface area contributed by atoms with E-state index in [1.807, 2.05) is 0 Å². The van der Waals surface area contributed by atoms with Crippen LogP contribution in [0.3, 0.4) is 0 Å². The van der Waals surface area contributed by atoms with E-state index in [0.717, 1.165) is 0 Å². The van der Waals surface area contributed by atoms with Gasteiger partial charge in [0.25, 0.3) is 0 Å². The van der Waals surface area contributed by atoms with Gasteiger partial charge in [-0.1, -0.05) is 0 Å². The number of aliphatic hydroxyl groups excluding tert-OH is 1. The molecular formula is C11H13FO4S. The summed E-state index contributed by atoms with van der Waals surface area (Å²) in [6, 6.07) is 6.39. The number of hydrogen-bond donors (Lipinski definition) is 2. The van der Waals surface area contributed by atoms with Crippen molar-refractivity contribution in [2.45, 2.75) is 23.8 Å². The van der Waals surface area contributed by atoms with Crippen LogP contribution in [0.5, 0.6) is 5.75 Å². The zero-order chi connectivity index (χ0) is 12.7. The fraction of sp³-hybridized carbons (Fsp3) is 0.364. The molecule has 0 amide bonds. The molecule has 1 aromatic rings. The van der Waals surface area contributed by atoms with Gasteiger partial charge >= 0.3 is 5.97 Å². The summed E-state index contributed by atoms with van der Waals surface area (Å²) in [5.74, 6) is -0.479. The molecule has 0 bridgehead atoms. The SMILES string of the molecule is O=C(O)CC(O)CCOc1ccc(SF)cc1. The highest BCUT2D eigenvalue weighted by molar-refractivity contribution is 7.94. The van der Waals surface area contributed by atoms with Gasteiger partial charge in [-0.25, -0.2) is 0 Å². The van der Waals surface area contributed by atoms with E-state index >= 15 is 0 Å². The summed E-state index contributed by atoms with van der Waals surface area (Å²) in [6.45, 7) is 0.219. The van der Waals surface area contributed by atoms with Gasteiger partial charge in [-0.3, -0.25) is 4.79 Å². The molecule has 1 aromatic carbocycles. The maximum absolute atomic E-state index is 12.1. The second-order valence-electron chi connectivity index (χ2n) is 3.44. The molecule has 0 heterocycles. The van der Waals surface area contributed by atoms with Crippen LogP contribution in [0.4, 0.5) is 3.89 Å². The average Bonchev–Trinajstić information content (AvgIpc) is 2.29. The fourth-order valence-electron chi connectivity index (χ4n) is 1.20. The maximum Gasteiger partial charge on any atom is 0.305 e. The van der Waals surface area contributed by atoms with Crippen molar-refractivity contribution in [3.05, 3.63) is 24.3 Å². The first-order valence-corrected chi connectivity index (χ1v) is 5.75. The molecule has 0 aromatic heterocycles. The van der Waals surface area contributed by atoms with Crippen LogP contribution in [0.15, 0.2) is 29.2 Å². The van der Waals surface area contributed by atoms with Gasteiger partial charge in [0.15, 0.2) is 0 Å². The Morgan fingerprint density at radius 1 is 1.41 bits per heavy atom. The lowest BCUT2D eigenvalue weighted by molar-refractivity contribution is -0.139. The van der Waals surface area contributed by atoms with Crippen LogP contribution in [0, 0.1) is 0 Å². The van der Waals surface area contributed by atoms with Gasteiger partial charge in [0.2, 0.25) is 0 Å². The second-order valence-corrected chi connectivity index (χ2v) is 4.06. The van der Waals surface area contributed by atoms with E-state index in [1.54, 1.807) is 24.3 Å². The molecule has 4 nitrogen and oxygen atoms in total. The summed E-state index contributed by atoms with van der Waals surface area (Å²) >= 11 is 0.152. The fourth-order valence-corrected chi connectivity index (χ4v) is 1.44. The molecule has 0 radical (unpaired) electrons. The predicted molar refractivity (Wildman–Crippen MR) is 61.8 cm³/mol. The lowest BCUT2D eigenvalue weighted by atomic mass is 10.2. The third-order valence-corrected chi connectivity index (χ3v) is 2.49. The second kappa shape index (κ2) is 7.13. The predicted octanol–water partition coefficient (Wildman–Crippen LogP) is 2.27. The van der Waals surface area contributed by atoms with Crippen molar-refractivity contribution in [1.82, 2.24) is 0 Å². The van der Waals surface area contributed by atoms with Crippen molar-refractivity contribution in [2.24, 2.45) is 0 Å². The van der Waals surface area contributed by atoms with Crippen molar-refractivity contribution in [2.75, 3.05) is 6.61 Å². The van der Waals surface area contributed by atoms with Crippen LogP contribution >= 0.6 is 12.1 Å². The standard InChI is InChI=1S/C11H13FO4S/c12-17-10-3-1-9(2-4-10)16-6-5-8(13)7-11(14)15/h1-4,8,13H,5-7H2,(H,14,15). The molecule has 94 valence electrons. The summed E-state index contributed by atoms with van der Waals surface area (Å²) in [5, 5.41) is 17.7. The average molecular weight is 260 g/mol. The van der Waals surface area contributed by atoms with E-state index in [-0.39, 0.29) is 31.6 Å². The third kappa shape index (κ3) is 5.55. The normalized spacial score (nSPS) is 12.1. The van der Waals surface area contributed by atoms with Gasteiger partial charge in [-0.05, 0) is 24.3 Å². The minimum Gasteiger partial charge on any atom is -0.493 e. The summed E-state index contributed by atoms with van der Waals surface area (Å²) in [7, 11) is 0. The Morgan fingerprint density at radius 3 is 2.59 bits per heavy atom. The molecule has 1 unspecified atom stereocenters. The van der Waals surface area contributed by atoms with Crippen molar-refractivity contribution in [1.29, 1.82) is 0 Å². The monoisotopic (exact) mass is 260 g/mol. The van der Waals surface area contributed by atoms with Crippen molar-refractivity contribution < 1.29 is 23.6 Å². The van der Waals surface area contributed by atoms with Crippen LogP contribution in [-0.4, -0.2) is 28.9 Å². The van der Waals surface area contributed by atoms with E-state index in [9.17, 15) is 13.8 Å². The molecule has 17 heavy (non-hydrogen) atoms. The molecule has 0 saturated carbocycles. The molecule has 0 saturated heterocycles. The number of carboxylic acid groups (broad SMARTS) is 1. The maximum atomic E-state index is 12.1. The molecule has 1 rings (SSSR count). The van der Waals surface area contributed by atoms with Crippen LogP contribution in [0.1, 0.15) is 12.8 Å². The van der Waals surface area contributed by atoms with Crippen molar-refractivity contribution in [3.8, 4) is 5.75 Å². The van der Waals surface area contributed by atoms with E-state index in [2.05, 4.69) is 0 Å². The number of benzene rings is 1. The zero-order valence-electron chi connectivity index (χ0n) is 9.01. The number of aliphatic carboxylic acids is 1. The van der Waals surface area contributed by atoms with Gasteiger partial charge in [0.1, 0.15) is 5.75 Å². The van der Waals surface area contributed by atoms with Crippen LogP contribution < -0.4 is 4.74 Å². The van der Waals surface area contributed by atoms with E-state index in [4.69, 9.17) is 9.84 Å². The molecule has 2 N–H and O–H groups in total. The number of ether oxygens (including phenoxy) is 1. The van der Waals surface area contributed by atoms with Gasteiger partial charge in [0.05, 0.1) is 31.3 Å². The first kappa shape index (κ1) is 13.8. The minimum atomic E-state index is -1.04. The highest BCUT2D eigenvalue weighted by Gasteiger charge is 2.09. The molecule has 0 aliphatic rings. The quantitative estimate of drug-likeness (QED) is 0.787. The molecule has 0 fully saturated rings. The Morgan fingerprint density at radius 2 is 2.06 bits per heavy atom. The van der Waals surface area contributed by atoms with Crippen LogP contribution in [0.2, 0.25) is 0 Å². The van der Waals surface area contributed by atoms with E-state index < -0.39 is 12.1 Å². The lowest BCUT2D eigenvalue weighted by Crippen LogP contribution is -2.16. The van der Waals surface area contributed by atoms with E-state index in [0.29, 0.717) is 10.6 Å². The van der Waals surface area contributed by atoms with E-state index in [1.165, 1.54) is 0 Å². The number of halogens is 1. The largest absolute Gasteiger partial charge is 0.493 e. The lowest BCUT2D eigenvalue weighted by Gasteiger charge is -2.09. The topological polar surface area (TPSA) is 66.8 Å². The summed E-state index contributed by atoms with van der Waals surface area (Å²) < 4.78 is 17.4. The minimum absolute atomic E-state index is 0.152. The van der Waals surface area contributed by atoms with Crippen LogP contribution in [-0.2, 0) is 4.79 Å². The van der Waals surface area contributed by atoms with Crippen molar-refractivity contribution >= 4 is 18.1 Å². The smallest absolute Gasteiger partial charge is 0.305 e. The third-order valence-electron chi connectivity index (χ3n) is 2.04. The Labute approximate surface area is 103 Å². The Hall–Kier alpha value is -1.27. The molecule has 0 aliphatic heterocycles. The zero-order valence-corrected chi connectivity index (χ0v) is 9.82. The molecule has 0 spiro atoms. The number of rotatable bonds is 7. The molecule has 0 aliphatic carbocycles.